The lowest BCUT2D eigenvalue weighted by Crippen LogP contribution is -2.27. The van der Waals surface area contributed by atoms with Crippen molar-refractivity contribution in [1.29, 1.82) is 0 Å². The van der Waals surface area contributed by atoms with Crippen molar-refractivity contribution >= 4 is 11.7 Å². The maximum Gasteiger partial charge on any atom is 0.259 e. The van der Waals surface area contributed by atoms with Gasteiger partial charge in [0.25, 0.3) is 5.91 Å². The Morgan fingerprint density at radius 3 is 3.03 bits per heavy atom. The minimum Gasteiger partial charge on any atom is -0.364 e. The average molecular weight is 420 g/mol. The van der Waals surface area contributed by atoms with E-state index in [9.17, 15) is 4.79 Å². The Kier molecular flexibility index (Phi) is 5.80. The van der Waals surface area contributed by atoms with Crippen LogP contribution in [0.25, 0.3) is 11.3 Å². The second kappa shape index (κ2) is 9.01. The molecule has 3 N–H and O–H groups in total. The summed E-state index contributed by atoms with van der Waals surface area (Å²) >= 11 is 0. The summed E-state index contributed by atoms with van der Waals surface area (Å²) in [6.45, 7) is 1.84. The van der Waals surface area contributed by atoms with Gasteiger partial charge in [0.15, 0.2) is 5.82 Å². The molecule has 0 unspecified atom stereocenters. The van der Waals surface area contributed by atoms with Crippen LogP contribution >= 0.6 is 0 Å². The minimum atomic E-state index is -0.169. The Bertz CT molecular complexity index is 1050. The highest BCUT2D eigenvalue weighted by Crippen LogP contribution is 2.33. The van der Waals surface area contributed by atoms with Crippen molar-refractivity contribution in [2.75, 3.05) is 11.9 Å². The Balaban J connectivity index is 1.23. The molecule has 3 aromatic rings. The third-order valence-electron chi connectivity index (χ3n) is 6.34. The summed E-state index contributed by atoms with van der Waals surface area (Å²) in [5.41, 5.74) is 4.50. The van der Waals surface area contributed by atoms with Crippen molar-refractivity contribution < 1.29 is 4.79 Å². The van der Waals surface area contributed by atoms with E-state index in [-0.39, 0.29) is 5.91 Å². The van der Waals surface area contributed by atoms with E-state index in [0.29, 0.717) is 17.4 Å². The number of aromatic nitrogens is 5. The maximum atomic E-state index is 13.1. The Labute approximate surface area is 181 Å². The monoisotopic (exact) mass is 419 g/mol. The standard InChI is InChI=1S/C23H29N7O/c31-23(18-14-26-19-8-3-5-16-13-24-15-27-22(16)21(18)19)28-20-9-12-30(29-20)11-4-10-25-17-6-1-2-7-17/h9,12-15,17,25-26H,1-8,10-11H2,(H,28,29,31). The molecule has 1 amide bonds. The maximum absolute atomic E-state index is 13.1. The molecule has 0 radical (unpaired) electrons. The highest BCUT2D eigenvalue weighted by molar-refractivity contribution is 6.08. The van der Waals surface area contributed by atoms with E-state index in [1.807, 2.05) is 23.1 Å². The van der Waals surface area contributed by atoms with Crippen LogP contribution in [-0.2, 0) is 19.4 Å². The third-order valence-corrected chi connectivity index (χ3v) is 6.34. The molecule has 0 bridgehead atoms. The van der Waals surface area contributed by atoms with Gasteiger partial charge >= 0.3 is 0 Å². The highest BCUT2D eigenvalue weighted by atomic mass is 16.1. The number of fused-ring (bicyclic) bond motifs is 3. The molecule has 3 heterocycles. The molecule has 0 aliphatic heterocycles. The Hall–Kier alpha value is -3.00. The first kappa shape index (κ1) is 19.9. The first-order valence-corrected chi connectivity index (χ1v) is 11.4. The molecule has 3 aromatic heterocycles. The molecule has 5 rings (SSSR count). The summed E-state index contributed by atoms with van der Waals surface area (Å²) in [4.78, 5) is 25.0. The van der Waals surface area contributed by atoms with Gasteiger partial charge in [-0.1, -0.05) is 12.8 Å². The molecular formula is C23H29N7O. The molecule has 0 aromatic carbocycles. The van der Waals surface area contributed by atoms with E-state index in [1.165, 1.54) is 25.7 Å². The number of aryl methyl sites for hydroxylation is 3. The van der Waals surface area contributed by atoms with Crippen molar-refractivity contribution in [3.63, 3.8) is 0 Å². The lowest BCUT2D eigenvalue weighted by atomic mass is 10.0. The van der Waals surface area contributed by atoms with Gasteiger partial charge < -0.3 is 15.6 Å². The molecule has 0 spiro atoms. The van der Waals surface area contributed by atoms with Crippen LogP contribution in [0.2, 0.25) is 0 Å². The summed E-state index contributed by atoms with van der Waals surface area (Å²) in [5.74, 6) is 0.400. The number of carbonyl (C=O) groups excluding carboxylic acids is 1. The number of carbonyl (C=O) groups is 1. The molecule has 0 atom stereocenters. The highest BCUT2D eigenvalue weighted by Gasteiger charge is 2.24. The molecule has 2 aliphatic rings. The fourth-order valence-electron chi connectivity index (χ4n) is 4.75. The second-order valence-electron chi connectivity index (χ2n) is 8.51. The van der Waals surface area contributed by atoms with E-state index >= 15 is 0 Å². The molecule has 2 aliphatic carbocycles. The zero-order chi connectivity index (χ0) is 21.0. The molecular weight excluding hydrogens is 390 g/mol. The predicted molar refractivity (Wildman–Crippen MR) is 119 cm³/mol. The summed E-state index contributed by atoms with van der Waals surface area (Å²) in [6, 6.07) is 2.54. The number of rotatable bonds is 7. The second-order valence-corrected chi connectivity index (χ2v) is 8.51. The zero-order valence-corrected chi connectivity index (χ0v) is 17.7. The average Bonchev–Trinajstić information content (AvgIpc) is 3.52. The van der Waals surface area contributed by atoms with E-state index < -0.39 is 0 Å². The van der Waals surface area contributed by atoms with Gasteiger partial charge in [-0.05, 0) is 50.6 Å². The van der Waals surface area contributed by atoms with Gasteiger partial charge in [-0.15, -0.1) is 0 Å². The number of nitrogens with one attached hydrogen (secondary N) is 3. The van der Waals surface area contributed by atoms with Crippen LogP contribution in [0.5, 0.6) is 0 Å². The summed E-state index contributed by atoms with van der Waals surface area (Å²) < 4.78 is 1.89. The number of H-pyrrole nitrogens is 1. The van der Waals surface area contributed by atoms with Gasteiger partial charge in [0.05, 0.1) is 11.3 Å². The molecule has 162 valence electrons. The number of hydrogen-bond acceptors (Lipinski definition) is 5. The fraction of sp³-hybridized carbons (Fsp3) is 0.478. The Morgan fingerprint density at radius 2 is 2.13 bits per heavy atom. The first-order chi connectivity index (χ1) is 15.3. The van der Waals surface area contributed by atoms with Crippen LogP contribution in [0.4, 0.5) is 5.82 Å². The molecule has 31 heavy (non-hydrogen) atoms. The van der Waals surface area contributed by atoms with Crippen molar-refractivity contribution in [3.05, 3.63) is 47.8 Å². The minimum absolute atomic E-state index is 0.169. The van der Waals surface area contributed by atoms with Crippen LogP contribution in [-0.4, -0.2) is 43.2 Å². The van der Waals surface area contributed by atoms with Gasteiger partial charge in [0.2, 0.25) is 0 Å². The quantitative estimate of drug-likeness (QED) is 0.510. The van der Waals surface area contributed by atoms with Gasteiger partial charge in [0, 0.05) is 48.5 Å². The number of anilines is 1. The topological polar surface area (TPSA) is 101 Å². The number of hydrogen-bond donors (Lipinski definition) is 3. The van der Waals surface area contributed by atoms with E-state index in [4.69, 9.17) is 0 Å². The van der Waals surface area contributed by atoms with Crippen LogP contribution in [0.3, 0.4) is 0 Å². The summed E-state index contributed by atoms with van der Waals surface area (Å²) in [7, 11) is 0. The van der Waals surface area contributed by atoms with E-state index in [2.05, 4.69) is 30.7 Å². The zero-order valence-electron chi connectivity index (χ0n) is 17.7. The fourth-order valence-corrected chi connectivity index (χ4v) is 4.75. The van der Waals surface area contributed by atoms with Gasteiger partial charge in [-0.25, -0.2) is 9.97 Å². The van der Waals surface area contributed by atoms with Crippen molar-refractivity contribution in [1.82, 2.24) is 30.0 Å². The normalized spacial score (nSPS) is 16.0. The molecule has 1 saturated carbocycles. The lowest BCUT2D eigenvalue weighted by molar-refractivity contribution is 0.102. The summed E-state index contributed by atoms with van der Waals surface area (Å²) in [6.07, 6.45) is 16.3. The molecule has 1 fully saturated rings. The van der Waals surface area contributed by atoms with Gasteiger partial charge in [-0.2, -0.15) is 5.10 Å². The summed E-state index contributed by atoms with van der Waals surface area (Å²) in [5, 5.41) is 11.1. The molecule has 8 heteroatoms. The van der Waals surface area contributed by atoms with E-state index in [0.717, 1.165) is 61.3 Å². The van der Waals surface area contributed by atoms with Crippen molar-refractivity contribution in [2.45, 2.75) is 64.0 Å². The molecule has 8 nitrogen and oxygen atoms in total. The molecule has 0 saturated heterocycles. The SMILES string of the molecule is O=C(Nc1ccn(CCCNC2CCCC2)n1)c1c[nH]c2c1-c1ncncc1CCC2. The largest absolute Gasteiger partial charge is 0.364 e. The van der Waals surface area contributed by atoms with Crippen LogP contribution < -0.4 is 10.6 Å². The number of nitrogens with zero attached hydrogens (tertiary/aromatic N) is 4. The third kappa shape index (κ3) is 4.39. The first-order valence-electron chi connectivity index (χ1n) is 11.4. The van der Waals surface area contributed by atoms with Crippen LogP contribution in [0.15, 0.2) is 31.0 Å². The lowest BCUT2D eigenvalue weighted by Gasteiger charge is -2.11. The van der Waals surface area contributed by atoms with Crippen LogP contribution in [0.1, 0.15) is 60.1 Å². The van der Waals surface area contributed by atoms with Crippen LogP contribution in [0, 0.1) is 0 Å². The van der Waals surface area contributed by atoms with Crippen molar-refractivity contribution in [3.8, 4) is 11.3 Å². The van der Waals surface area contributed by atoms with Gasteiger partial charge in [0.1, 0.15) is 6.33 Å². The smallest absolute Gasteiger partial charge is 0.259 e. The number of amides is 1. The Morgan fingerprint density at radius 1 is 1.23 bits per heavy atom. The number of aromatic amines is 1. The van der Waals surface area contributed by atoms with Gasteiger partial charge in [-0.3, -0.25) is 9.48 Å². The predicted octanol–water partition coefficient (Wildman–Crippen LogP) is 3.33. The van der Waals surface area contributed by atoms with E-state index in [1.54, 1.807) is 12.5 Å². The van der Waals surface area contributed by atoms with Crippen molar-refractivity contribution in [2.24, 2.45) is 0 Å².